The minimum Gasteiger partial charge on any atom is -0.383 e. The van der Waals surface area contributed by atoms with Crippen molar-refractivity contribution in [2.24, 2.45) is 0 Å². The Kier molecular flexibility index (Phi) is 7.41. The fraction of sp³-hybridized carbons (Fsp3) is 0.611. The van der Waals surface area contributed by atoms with Crippen molar-refractivity contribution in [3.05, 3.63) is 23.0 Å². The van der Waals surface area contributed by atoms with Gasteiger partial charge in [0.25, 0.3) is 0 Å². The highest BCUT2D eigenvalue weighted by Crippen LogP contribution is 2.40. The molecule has 2 aromatic heterocycles. The third-order valence-corrected chi connectivity index (χ3v) is 6.04. The van der Waals surface area contributed by atoms with E-state index < -0.39 is 19.8 Å². The summed E-state index contributed by atoms with van der Waals surface area (Å²) >= 11 is 6.09. The van der Waals surface area contributed by atoms with Crippen molar-refractivity contribution in [3.8, 4) is 0 Å². The van der Waals surface area contributed by atoms with Crippen molar-refractivity contribution in [1.82, 2.24) is 9.55 Å². The lowest BCUT2D eigenvalue weighted by atomic mass is 10.1. The highest BCUT2D eigenvalue weighted by Gasteiger charge is 2.36. The van der Waals surface area contributed by atoms with Gasteiger partial charge in [0.1, 0.15) is 17.5 Å². The Morgan fingerprint density at radius 1 is 1.32 bits per heavy atom. The fourth-order valence-corrected chi connectivity index (χ4v) is 3.73. The lowest BCUT2D eigenvalue weighted by Crippen LogP contribution is -2.22. The number of hydrogen-bond donors (Lipinski definition) is 1. The standard InChI is InChI=1S/C18H27ClF3N3O2Si/c1-12(10-26-2)23-14-8-15(19)24-17-16(14)13(18(20,21)22)9-25(17)11-27-6-7-28(3,4)5/h8-9,12H,6-7,10-11H2,1-5H3,(H,23,24)/t12-/m1/s1. The van der Waals surface area contributed by atoms with Gasteiger partial charge in [-0.25, -0.2) is 4.98 Å². The maximum absolute atomic E-state index is 13.7. The van der Waals surface area contributed by atoms with Crippen LogP contribution in [0.5, 0.6) is 0 Å². The summed E-state index contributed by atoms with van der Waals surface area (Å²) in [6.45, 7) is 9.26. The molecule has 158 valence electrons. The van der Waals surface area contributed by atoms with Crippen molar-refractivity contribution in [2.45, 2.75) is 51.6 Å². The van der Waals surface area contributed by atoms with E-state index >= 15 is 0 Å². The number of halogens is 4. The number of aromatic nitrogens is 2. The molecule has 0 aliphatic rings. The summed E-state index contributed by atoms with van der Waals surface area (Å²) in [4.78, 5) is 4.14. The summed E-state index contributed by atoms with van der Waals surface area (Å²) in [6.07, 6.45) is -3.49. The van der Waals surface area contributed by atoms with E-state index in [4.69, 9.17) is 21.1 Å². The molecule has 0 fully saturated rings. The molecule has 0 aliphatic carbocycles. The molecule has 0 bridgehead atoms. The van der Waals surface area contributed by atoms with Gasteiger partial charge in [0.15, 0.2) is 0 Å². The van der Waals surface area contributed by atoms with Crippen LogP contribution in [-0.4, -0.2) is 44.0 Å². The summed E-state index contributed by atoms with van der Waals surface area (Å²) in [5, 5.41) is 3.13. The van der Waals surface area contributed by atoms with E-state index in [2.05, 4.69) is 29.9 Å². The first kappa shape index (κ1) is 23.0. The Morgan fingerprint density at radius 3 is 2.57 bits per heavy atom. The van der Waals surface area contributed by atoms with E-state index in [1.165, 1.54) is 17.7 Å². The number of ether oxygens (including phenoxy) is 2. The second kappa shape index (κ2) is 9.02. The Hall–Kier alpha value is -1.29. The number of alkyl halides is 3. The molecule has 2 rings (SSSR count). The molecule has 0 aliphatic heterocycles. The Bertz CT molecular complexity index is 806. The van der Waals surface area contributed by atoms with Crippen LogP contribution in [0.15, 0.2) is 12.3 Å². The van der Waals surface area contributed by atoms with Gasteiger partial charge in [0.05, 0.1) is 17.6 Å². The summed E-state index contributed by atoms with van der Waals surface area (Å²) in [5.41, 5.74) is -0.361. The summed E-state index contributed by atoms with van der Waals surface area (Å²) in [7, 11) is 0.240. The van der Waals surface area contributed by atoms with Gasteiger partial charge in [-0.3, -0.25) is 0 Å². The number of methoxy groups -OCH3 is 1. The monoisotopic (exact) mass is 437 g/mol. The average Bonchev–Trinajstić information content (AvgIpc) is 2.90. The number of nitrogens with zero attached hydrogens (tertiary/aromatic N) is 2. The first-order valence-corrected chi connectivity index (χ1v) is 13.1. The molecule has 1 N–H and O–H groups in total. The fourth-order valence-electron chi connectivity index (χ4n) is 2.78. The van der Waals surface area contributed by atoms with Crippen LogP contribution in [-0.2, 0) is 22.4 Å². The van der Waals surface area contributed by atoms with Gasteiger partial charge in [-0.2, -0.15) is 13.2 Å². The molecule has 2 aromatic rings. The highest BCUT2D eigenvalue weighted by atomic mass is 35.5. The highest BCUT2D eigenvalue weighted by molar-refractivity contribution is 6.76. The molecule has 0 unspecified atom stereocenters. The summed E-state index contributed by atoms with van der Waals surface area (Å²) < 4.78 is 53.1. The molecule has 0 spiro atoms. The van der Waals surface area contributed by atoms with E-state index in [0.717, 1.165) is 12.2 Å². The van der Waals surface area contributed by atoms with Gasteiger partial charge < -0.3 is 19.4 Å². The van der Waals surface area contributed by atoms with Gasteiger partial charge >= 0.3 is 6.18 Å². The molecule has 0 saturated carbocycles. The number of pyridine rings is 1. The molecule has 2 heterocycles. The second-order valence-corrected chi connectivity index (χ2v) is 14.1. The van der Waals surface area contributed by atoms with Crippen LogP contribution in [0.25, 0.3) is 11.0 Å². The average molecular weight is 438 g/mol. The van der Waals surface area contributed by atoms with E-state index in [-0.39, 0.29) is 34.6 Å². The molecule has 0 saturated heterocycles. The third kappa shape index (κ3) is 6.10. The number of hydrogen-bond acceptors (Lipinski definition) is 4. The molecule has 28 heavy (non-hydrogen) atoms. The Morgan fingerprint density at radius 2 is 2.00 bits per heavy atom. The number of nitrogens with one attached hydrogen (secondary N) is 1. The summed E-state index contributed by atoms with van der Waals surface area (Å²) in [6, 6.07) is 2.12. The van der Waals surface area contributed by atoms with Gasteiger partial charge in [-0.05, 0) is 19.0 Å². The molecule has 0 aromatic carbocycles. The van der Waals surface area contributed by atoms with Crippen molar-refractivity contribution >= 4 is 36.4 Å². The zero-order chi connectivity index (χ0) is 21.1. The van der Waals surface area contributed by atoms with Crippen LogP contribution in [0, 0.1) is 0 Å². The molecule has 0 amide bonds. The molecule has 1 atom stereocenters. The number of fused-ring (bicyclic) bond motifs is 1. The molecule has 5 nitrogen and oxygen atoms in total. The first-order valence-electron chi connectivity index (χ1n) is 9.02. The molecular formula is C18H27ClF3N3O2Si. The van der Waals surface area contributed by atoms with Gasteiger partial charge in [-0.1, -0.05) is 31.2 Å². The van der Waals surface area contributed by atoms with Gasteiger partial charge in [-0.15, -0.1) is 0 Å². The molecular weight excluding hydrogens is 411 g/mol. The van der Waals surface area contributed by atoms with Crippen molar-refractivity contribution in [2.75, 3.05) is 25.6 Å². The largest absolute Gasteiger partial charge is 0.418 e. The van der Waals surface area contributed by atoms with Crippen molar-refractivity contribution < 1.29 is 22.6 Å². The Balaban J connectivity index is 2.42. The lowest BCUT2D eigenvalue weighted by Gasteiger charge is -2.17. The Labute approximate surface area is 169 Å². The SMILES string of the molecule is COC[C@@H](C)Nc1cc(Cl)nc2c1c(C(F)(F)F)cn2COCC[Si](C)(C)C. The minimum absolute atomic E-state index is 0.0164. The topological polar surface area (TPSA) is 48.3 Å². The van der Waals surface area contributed by atoms with E-state index in [9.17, 15) is 13.2 Å². The van der Waals surface area contributed by atoms with Gasteiger partial charge in [0.2, 0.25) is 0 Å². The smallest absolute Gasteiger partial charge is 0.383 e. The van der Waals surface area contributed by atoms with Gasteiger partial charge in [0, 0.05) is 39.7 Å². The molecule has 10 heteroatoms. The maximum atomic E-state index is 13.7. The van der Waals surface area contributed by atoms with Crippen LogP contribution in [0.3, 0.4) is 0 Å². The lowest BCUT2D eigenvalue weighted by molar-refractivity contribution is -0.136. The normalized spacial score (nSPS) is 13.9. The maximum Gasteiger partial charge on any atom is 0.418 e. The van der Waals surface area contributed by atoms with Crippen LogP contribution in [0.4, 0.5) is 18.9 Å². The zero-order valence-corrected chi connectivity index (χ0v) is 18.5. The minimum atomic E-state index is -4.53. The molecule has 0 radical (unpaired) electrons. The quantitative estimate of drug-likeness (QED) is 0.321. The second-order valence-electron chi connectivity index (χ2n) is 8.05. The van der Waals surface area contributed by atoms with Crippen LogP contribution in [0.2, 0.25) is 30.8 Å². The van der Waals surface area contributed by atoms with Crippen LogP contribution in [0.1, 0.15) is 12.5 Å². The number of anilines is 1. The third-order valence-electron chi connectivity index (χ3n) is 4.15. The van der Waals surface area contributed by atoms with Crippen molar-refractivity contribution in [1.29, 1.82) is 0 Å². The number of rotatable bonds is 9. The summed E-state index contributed by atoms with van der Waals surface area (Å²) in [5.74, 6) is 0. The van der Waals surface area contributed by atoms with E-state index in [1.54, 1.807) is 0 Å². The van der Waals surface area contributed by atoms with Crippen LogP contribution >= 0.6 is 11.6 Å². The predicted octanol–water partition coefficient (Wildman–Crippen LogP) is 5.47. The first-order chi connectivity index (χ1) is 12.9. The zero-order valence-electron chi connectivity index (χ0n) is 16.8. The van der Waals surface area contributed by atoms with E-state index in [1.807, 2.05) is 6.92 Å². The van der Waals surface area contributed by atoms with Crippen molar-refractivity contribution in [3.63, 3.8) is 0 Å². The predicted molar refractivity (Wildman–Crippen MR) is 109 cm³/mol. The van der Waals surface area contributed by atoms with E-state index in [0.29, 0.717) is 13.2 Å². The van der Waals surface area contributed by atoms with Crippen LogP contribution < -0.4 is 5.32 Å².